The Morgan fingerprint density at radius 2 is 2.00 bits per heavy atom. The predicted octanol–water partition coefficient (Wildman–Crippen LogP) is 2.18. The average Bonchev–Trinajstić information content (AvgIpc) is 2.69. The molecule has 0 radical (unpaired) electrons. The summed E-state index contributed by atoms with van der Waals surface area (Å²) < 4.78 is 14.4. The Labute approximate surface area is 163 Å². The maximum Gasteiger partial charge on any atom is 0.232 e. The summed E-state index contributed by atoms with van der Waals surface area (Å²) in [6.07, 6.45) is 2.12. The van der Waals surface area contributed by atoms with E-state index in [0.29, 0.717) is 31.7 Å². The van der Waals surface area contributed by atoms with Gasteiger partial charge < -0.3 is 4.90 Å². The van der Waals surface area contributed by atoms with Crippen molar-refractivity contribution in [3.8, 4) is 0 Å². The zero-order valence-electron chi connectivity index (χ0n) is 16.1. The third kappa shape index (κ3) is 4.83. The second-order valence-electron chi connectivity index (χ2n) is 6.84. The van der Waals surface area contributed by atoms with Crippen LogP contribution in [0, 0.1) is 12.7 Å². The van der Waals surface area contributed by atoms with Gasteiger partial charge in [-0.3, -0.25) is 24.9 Å². The minimum atomic E-state index is -0.496. The van der Waals surface area contributed by atoms with Crippen LogP contribution in [0.15, 0.2) is 36.5 Å². The molecule has 0 bridgehead atoms. The minimum Gasteiger partial charge on any atom is -0.340 e. The van der Waals surface area contributed by atoms with Crippen molar-refractivity contribution >= 4 is 23.7 Å². The monoisotopic (exact) mass is 385 g/mol. The van der Waals surface area contributed by atoms with E-state index in [1.807, 2.05) is 11.8 Å². The number of hydrazine groups is 1. The maximum absolute atomic E-state index is 14.4. The van der Waals surface area contributed by atoms with E-state index in [2.05, 4.69) is 15.3 Å². The lowest BCUT2D eigenvalue weighted by molar-refractivity contribution is -0.130. The highest BCUT2D eigenvalue weighted by Crippen LogP contribution is 2.22. The Hall–Kier alpha value is -3.00. The number of piperazine rings is 1. The third-order valence-electron chi connectivity index (χ3n) is 4.76. The summed E-state index contributed by atoms with van der Waals surface area (Å²) in [7, 11) is 0. The lowest BCUT2D eigenvalue weighted by atomic mass is 10.1. The summed E-state index contributed by atoms with van der Waals surface area (Å²) in [5.74, 6) is -0.410. The van der Waals surface area contributed by atoms with Crippen LogP contribution in [0.2, 0.25) is 0 Å². The molecule has 1 aromatic heterocycles. The summed E-state index contributed by atoms with van der Waals surface area (Å²) >= 11 is 0. The molecule has 0 unspecified atom stereocenters. The quantitative estimate of drug-likeness (QED) is 0.610. The first-order valence-corrected chi connectivity index (χ1v) is 9.16. The lowest BCUT2D eigenvalue weighted by Gasteiger charge is -2.34. The van der Waals surface area contributed by atoms with Gasteiger partial charge in [0, 0.05) is 45.3 Å². The van der Waals surface area contributed by atoms with Gasteiger partial charge in [-0.25, -0.2) is 9.40 Å². The van der Waals surface area contributed by atoms with Gasteiger partial charge in [0.05, 0.1) is 11.9 Å². The number of hydrogen-bond acceptors (Lipinski definition) is 5. The summed E-state index contributed by atoms with van der Waals surface area (Å²) in [4.78, 5) is 31.2. The average molecular weight is 385 g/mol. The van der Waals surface area contributed by atoms with Crippen molar-refractivity contribution in [1.29, 1.82) is 0 Å². The molecule has 0 saturated carbocycles. The van der Waals surface area contributed by atoms with E-state index >= 15 is 0 Å². The van der Waals surface area contributed by atoms with Crippen molar-refractivity contribution in [3.05, 3.63) is 53.6 Å². The van der Waals surface area contributed by atoms with Gasteiger partial charge in [-0.2, -0.15) is 0 Å². The fourth-order valence-electron chi connectivity index (χ4n) is 3.14. The zero-order valence-corrected chi connectivity index (χ0v) is 16.1. The largest absolute Gasteiger partial charge is 0.340 e. The topological polar surface area (TPSA) is 68.8 Å². The van der Waals surface area contributed by atoms with Crippen LogP contribution in [0.25, 0.3) is 0 Å². The van der Waals surface area contributed by atoms with Crippen molar-refractivity contribution in [2.24, 2.45) is 0 Å². The number of halogens is 1. The van der Waals surface area contributed by atoms with Crippen molar-refractivity contribution < 1.29 is 14.0 Å². The number of rotatable bonds is 6. The molecule has 8 heteroatoms. The van der Waals surface area contributed by atoms with Gasteiger partial charge in [-0.15, -0.1) is 0 Å². The maximum atomic E-state index is 14.4. The van der Waals surface area contributed by atoms with E-state index in [1.54, 1.807) is 37.4 Å². The van der Waals surface area contributed by atoms with Gasteiger partial charge in [0.15, 0.2) is 0 Å². The van der Waals surface area contributed by atoms with E-state index < -0.39 is 5.82 Å². The van der Waals surface area contributed by atoms with E-state index in [9.17, 15) is 14.0 Å². The summed E-state index contributed by atoms with van der Waals surface area (Å²) in [6, 6.07) is 8.32. The SMILES string of the molecule is CC(=O)N1CCN(Cc2ccc(F)c(N(C=O)Nc3ccc(C)nc3)c2)CC1. The van der Waals surface area contributed by atoms with Gasteiger partial charge in [-0.1, -0.05) is 6.07 Å². The highest BCUT2D eigenvalue weighted by Gasteiger charge is 2.19. The predicted molar refractivity (Wildman–Crippen MR) is 105 cm³/mol. The summed E-state index contributed by atoms with van der Waals surface area (Å²) in [5.41, 5.74) is 5.34. The van der Waals surface area contributed by atoms with Gasteiger partial charge in [0.1, 0.15) is 11.5 Å². The molecule has 2 aromatic rings. The van der Waals surface area contributed by atoms with E-state index in [4.69, 9.17) is 0 Å². The molecule has 2 amide bonds. The zero-order chi connectivity index (χ0) is 20.1. The van der Waals surface area contributed by atoms with Crippen molar-refractivity contribution in [2.75, 3.05) is 36.6 Å². The lowest BCUT2D eigenvalue weighted by Crippen LogP contribution is -2.47. The molecular weight excluding hydrogens is 361 g/mol. The second kappa shape index (κ2) is 8.79. The Balaban J connectivity index is 1.70. The number of anilines is 2. The van der Waals surface area contributed by atoms with Crippen molar-refractivity contribution in [3.63, 3.8) is 0 Å². The standard InChI is InChI=1S/C20H24FN5O2/c1-15-3-5-18(12-22-15)23-26(14-27)20-11-17(4-6-19(20)21)13-24-7-9-25(10-8-24)16(2)28/h3-6,11-12,14,23H,7-10,13H2,1-2H3. The van der Waals surface area contributed by atoms with Gasteiger partial charge in [-0.05, 0) is 36.8 Å². The number of carbonyl (C=O) groups excluding carboxylic acids is 2. The molecule has 1 saturated heterocycles. The first-order chi connectivity index (χ1) is 13.5. The van der Waals surface area contributed by atoms with Crippen LogP contribution in [0.5, 0.6) is 0 Å². The number of aryl methyl sites for hydroxylation is 1. The van der Waals surface area contributed by atoms with E-state index in [0.717, 1.165) is 29.4 Å². The highest BCUT2D eigenvalue weighted by molar-refractivity contribution is 5.79. The Kier molecular flexibility index (Phi) is 6.20. The third-order valence-corrected chi connectivity index (χ3v) is 4.76. The van der Waals surface area contributed by atoms with Gasteiger partial charge in [0.2, 0.25) is 12.3 Å². The van der Waals surface area contributed by atoms with E-state index in [1.165, 1.54) is 6.07 Å². The van der Waals surface area contributed by atoms with Gasteiger partial charge >= 0.3 is 0 Å². The molecule has 2 heterocycles. The fraction of sp³-hybridized carbons (Fsp3) is 0.350. The Morgan fingerprint density at radius 3 is 2.61 bits per heavy atom. The second-order valence-corrected chi connectivity index (χ2v) is 6.84. The molecular formula is C20H24FN5O2. The molecule has 3 rings (SSSR count). The molecule has 1 N–H and O–H groups in total. The summed E-state index contributed by atoms with van der Waals surface area (Å²) in [6.45, 7) is 6.95. The molecule has 7 nitrogen and oxygen atoms in total. The normalized spacial score (nSPS) is 14.6. The fourth-order valence-corrected chi connectivity index (χ4v) is 3.14. The number of pyridine rings is 1. The number of aromatic nitrogens is 1. The van der Waals surface area contributed by atoms with Crippen LogP contribution in [0.3, 0.4) is 0 Å². The first-order valence-electron chi connectivity index (χ1n) is 9.16. The Morgan fingerprint density at radius 1 is 1.25 bits per heavy atom. The van der Waals surface area contributed by atoms with Gasteiger partial charge in [0.25, 0.3) is 0 Å². The molecule has 148 valence electrons. The minimum absolute atomic E-state index is 0.0852. The van der Waals surface area contributed by atoms with Crippen LogP contribution in [-0.2, 0) is 16.1 Å². The molecule has 1 aliphatic rings. The smallest absolute Gasteiger partial charge is 0.232 e. The number of benzene rings is 1. The molecule has 1 fully saturated rings. The van der Waals surface area contributed by atoms with Crippen LogP contribution < -0.4 is 10.4 Å². The number of amides is 2. The van der Waals surface area contributed by atoms with Crippen molar-refractivity contribution in [1.82, 2.24) is 14.8 Å². The highest BCUT2D eigenvalue weighted by atomic mass is 19.1. The molecule has 1 aliphatic heterocycles. The molecule has 1 aromatic carbocycles. The van der Waals surface area contributed by atoms with Crippen molar-refractivity contribution in [2.45, 2.75) is 20.4 Å². The molecule has 0 atom stereocenters. The summed E-state index contributed by atoms with van der Waals surface area (Å²) in [5, 5.41) is 1.11. The molecule has 0 aliphatic carbocycles. The number of carbonyl (C=O) groups is 2. The number of hydrogen-bond donors (Lipinski definition) is 1. The van der Waals surface area contributed by atoms with Crippen LogP contribution in [0.4, 0.5) is 15.8 Å². The van der Waals surface area contributed by atoms with Crippen LogP contribution in [-0.4, -0.2) is 53.3 Å². The van der Waals surface area contributed by atoms with E-state index in [-0.39, 0.29) is 11.6 Å². The number of nitrogens with zero attached hydrogens (tertiary/aromatic N) is 4. The Bertz CT molecular complexity index is 835. The molecule has 0 spiro atoms. The number of nitrogens with one attached hydrogen (secondary N) is 1. The van der Waals surface area contributed by atoms with Crippen LogP contribution in [0.1, 0.15) is 18.2 Å². The molecule has 28 heavy (non-hydrogen) atoms. The van der Waals surface area contributed by atoms with Crippen LogP contribution >= 0.6 is 0 Å². The first kappa shape index (κ1) is 19.8.